The Labute approximate surface area is 111 Å². The maximum atomic E-state index is 4.55. The minimum Gasteiger partial charge on any atom is -0.292 e. The second-order valence-electron chi connectivity index (χ2n) is 4.70. The molecule has 3 rings (SSSR count). The van der Waals surface area contributed by atoms with E-state index in [1.807, 2.05) is 19.3 Å². The molecule has 0 saturated carbocycles. The molecule has 18 heavy (non-hydrogen) atoms. The maximum Gasteiger partial charge on any atom is 0.125 e. The first-order valence-corrected chi connectivity index (χ1v) is 6.97. The van der Waals surface area contributed by atoms with Gasteiger partial charge >= 0.3 is 0 Å². The number of hydrogen-bond acceptors (Lipinski definition) is 5. The van der Waals surface area contributed by atoms with Gasteiger partial charge in [0.1, 0.15) is 5.82 Å². The van der Waals surface area contributed by atoms with E-state index < -0.39 is 0 Å². The molecule has 0 atom stereocenters. The van der Waals surface area contributed by atoms with E-state index in [-0.39, 0.29) is 0 Å². The molecule has 0 radical (unpaired) electrons. The Morgan fingerprint density at radius 1 is 1.28 bits per heavy atom. The zero-order valence-corrected chi connectivity index (χ0v) is 11.5. The molecule has 0 unspecified atom stereocenters. The van der Waals surface area contributed by atoms with Crippen LogP contribution in [0, 0.1) is 13.8 Å². The SMILES string of the molecule is Cc1ncc2c(n1)CN(Cc1cnc(C)s1)CC2. The van der Waals surface area contributed by atoms with Crippen molar-refractivity contribution < 1.29 is 0 Å². The number of fused-ring (bicyclic) bond motifs is 1. The summed E-state index contributed by atoms with van der Waals surface area (Å²) in [6.07, 6.45) is 5.01. The molecule has 0 spiro atoms. The number of nitrogens with zero attached hydrogens (tertiary/aromatic N) is 4. The van der Waals surface area contributed by atoms with Crippen molar-refractivity contribution in [3.8, 4) is 0 Å². The van der Waals surface area contributed by atoms with Gasteiger partial charge in [0, 0.05) is 36.9 Å². The average molecular weight is 260 g/mol. The van der Waals surface area contributed by atoms with Crippen molar-refractivity contribution in [3.63, 3.8) is 0 Å². The molecular formula is C13H16N4S. The van der Waals surface area contributed by atoms with E-state index in [2.05, 4.69) is 26.8 Å². The molecule has 0 saturated heterocycles. The molecule has 3 heterocycles. The quantitative estimate of drug-likeness (QED) is 0.829. The van der Waals surface area contributed by atoms with Gasteiger partial charge < -0.3 is 0 Å². The Balaban J connectivity index is 1.74. The molecule has 0 aromatic carbocycles. The fourth-order valence-electron chi connectivity index (χ4n) is 2.29. The van der Waals surface area contributed by atoms with Gasteiger partial charge in [-0.2, -0.15) is 0 Å². The Kier molecular flexibility index (Phi) is 3.09. The summed E-state index contributed by atoms with van der Waals surface area (Å²) in [5.74, 6) is 0.865. The molecule has 4 nitrogen and oxygen atoms in total. The molecule has 0 amide bonds. The second kappa shape index (κ2) is 4.74. The fourth-order valence-corrected chi connectivity index (χ4v) is 3.13. The summed E-state index contributed by atoms with van der Waals surface area (Å²) >= 11 is 1.78. The molecule has 2 aromatic rings. The second-order valence-corrected chi connectivity index (χ2v) is 6.01. The largest absolute Gasteiger partial charge is 0.292 e. The van der Waals surface area contributed by atoms with E-state index in [1.165, 1.54) is 16.1 Å². The van der Waals surface area contributed by atoms with Crippen LogP contribution in [0.3, 0.4) is 0 Å². The van der Waals surface area contributed by atoms with Gasteiger partial charge in [0.25, 0.3) is 0 Å². The van der Waals surface area contributed by atoms with Crippen LogP contribution in [0.15, 0.2) is 12.4 Å². The Hall–Kier alpha value is -1.33. The molecule has 1 aliphatic heterocycles. The van der Waals surface area contributed by atoms with Crippen molar-refractivity contribution in [2.24, 2.45) is 0 Å². The van der Waals surface area contributed by atoms with Crippen molar-refractivity contribution in [2.75, 3.05) is 6.54 Å². The lowest BCUT2D eigenvalue weighted by molar-refractivity contribution is 0.243. The Bertz CT molecular complexity index is 564. The van der Waals surface area contributed by atoms with Gasteiger partial charge in [0.2, 0.25) is 0 Å². The topological polar surface area (TPSA) is 41.9 Å². The van der Waals surface area contributed by atoms with Gasteiger partial charge in [-0.05, 0) is 25.8 Å². The van der Waals surface area contributed by atoms with Crippen LogP contribution in [0.2, 0.25) is 0 Å². The maximum absolute atomic E-state index is 4.55. The Morgan fingerprint density at radius 3 is 2.94 bits per heavy atom. The fraction of sp³-hybridized carbons (Fsp3) is 0.462. The molecule has 5 heteroatoms. The van der Waals surface area contributed by atoms with Crippen LogP contribution in [0.4, 0.5) is 0 Å². The van der Waals surface area contributed by atoms with Gasteiger partial charge in [-0.25, -0.2) is 15.0 Å². The number of hydrogen-bond donors (Lipinski definition) is 0. The lowest BCUT2D eigenvalue weighted by Crippen LogP contribution is -2.30. The molecule has 1 aliphatic rings. The first-order valence-electron chi connectivity index (χ1n) is 6.16. The Morgan fingerprint density at radius 2 is 2.17 bits per heavy atom. The lowest BCUT2D eigenvalue weighted by Gasteiger charge is -2.27. The highest BCUT2D eigenvalue weighted by molar-refractivity contribution is 7.11. The van der Waals surface area contributed by atoms with Crippen LogP contribution in [0.5, 0.6) is 0 Å². The predicted octanol–water partition coefficient (Wildman–Crippen LogP) is 2.11. The highest BCUT2D eigenvalue weighted by Gasteiger charge is 2.18. The number of aromatic nitrogens is 3. The predicted molar refractivity (Wildman–Crippen MR) is 71.4 cm³/mol. The third-order valence-electron chi connectivity index (χ3n) is 3.19. The van der Waals surface area contributed by atoms with Crippen LogP contribution in [0.1, 0.15) is 27.0 Å². The molecule has 0 bridgehead atoms. The summed E-state index contributed by atoms with van der Waals surface area (Å²) in [4.78, 5) is 16.9. The molecule has 0 aliphatic carbocycles. The smallest absolute Gasteiger partial charge is 0.125 e. The third kappa shape index (κ3) is 2.42. The molecule has 0 fully saturated rings. The van der Waals surface area contributed by atoms with Gasteiger partial charge in [-0.1, -0.05) is 0 Å². The van der Waals surface area contributed by atoms with Crippen LogP contribution >= 0.6 is 11.3 Å². The average Bonchev–Trinajstić information content (AvgIpc) is 2.74. The van der Waals surface area contributed by atoms with Gasteiger partial charge in [0.05, 0.1) is 10.7 Å². The highest BCUT2D eigenvalue weighted by Crippen LogP contribution is 2.20. The minimum atomic E-state index is 0.865. The van der Waals surface area contributed by atoms with Gasteiger partial charge in [0.15, 0.2) is 0 Å². The number of thiazole rings is 1. The van der Waals surface area contributed by atoms with Gasteiger partial charge in [-0.3, -0.25) is 4.90 Å². The van der Waals surface area contributed by atoms with Crippen LogP contribution in [-0.2, 0) is 19.5 Å². The highest BCUT2D eigenvalue weighted by atomic mass is 32.1. The number of rotatable bonds is 2. The van der Waals surface area contributed by atoms with E-state index in [0.29, 0.717) is 0 Å². The standard InChI is InChI=1S/C13H16N4S/c1-9-14-5-11-3-4-17(8-13(11)16-9)7-12-6-15-10(2)18-12/h5-6H,3-4,7-8H2,1-2H3. The van der Waals surface area contributed by atoms with Crippen LogP contribution in [-0.4, -0.2) is 26.4 Å². The summed E-state index contributed by atoms with van der Waals surface area (Å²) in [7, 11) is 0. The molecule has 2 aromatic heterocycles. The summed E-state index contributed by atoms with van der Waals surface area (Å²) in [6, 6.07) is 0. The zero-order chi connectivity index (χ0) is 12.5. The van der Waals surface area contributed by atoms with E-state index in [9.17, 15) is 0 Å². The van der Waals surface area contributed by atoms with Crippen LogP contribution < -0.4 is 0 Å². The summed E-state index contributed by atoms with van der Waals surface area (Å²) in [5.41, 5.74) is 2.49. The van der Waals surface area contributed by atoms with Crippen molar-refractivity contribution in [2.45, 2.75) is 33.4 Å². The first kappa shape index (κ1) is 11.7. The van der Waals surface area contributed by atoms with E-state index in [1.54, 1.807) is 11.3 Å². The lowest BCUT2D eigenvalue weighted by atomic mass is 10.1. The number of aryl methyl sites for hydroxylation is 2. The zero-order valence-electron chi connectivity index (χ0n) is 10.7. The van der Waals surface area contributed by atoms with Gasteiger partial charge in [-0.15, -0.1) is 11.3 Å². The van der Waals surface area contributed by atoms with Crippen molar-refractivity contribution in [3.05, 3.63) is 39.4 Å². The van der Waals surface area contributed by atoms with Crippen molar-refractivity contribution >= 4 is 11.3 Å². The molecular weight excluding hydrogens is 244 g/mol. The van der Waals surface area contributed by atoms with E-state index in [0.717, 1.165) is 36.9 Å². The normalized spacial score (nSPS) is 15.7. The third-order valence-corrected chi connectivity index (χ3v) is 4.09. The summed E-state index contributed by atoms with van der Waals surface area (Å²) < 4.78 is 0. The monoisotopic (exact) mass is 260 g/mol. The minimum absolute atomic E-state index is 0.865. The van der Waals surface area contributed by atoms with Crippen LogP contribution in [0.25, 0.3) is 0 Å². The summed E-state index contributed by atoms with van der Waals surface area (Å²) in [6.45, 7) is 6.99. The molecule has 94 valence electrons. The first-order chi connectivity index (χ1) is 8.70. The summed E-state index contributed by atoms with van der Waals surface area (Å²) in [5, 5.41) is 1.14. The van der Waals surface area contributed by atoms with E-state index >= 15 is 0 Å². The van der Waals surface area contributed by atoms with Crippen molar-refractivity contribution in [1.29, 1.82) is 0 Å². The van der Waals surface area contributed by atoms with Crippen molar-refractivity contribution in [1.82, 2.24) is 19.9 Å². The molecule has 0 N–H and O–H groups in total. The van der Waals surface area contributed by atoms with E-state index in [4.69, 9.17) is 0 Å².